The van der Waals surface area contributed by atoms with Gasteiger partial charge in [0.25, 0.3) is 0 Å². The molecule has 0 aliphatic heterocycles. The zero-order chi connectivity index (χ0) is 36.6. The first kappa shape index (κ1) is 35.4. The lowest BCUT2D eigenvalue weighted by Crippen LogP contribution is -2.13. The van der Waals surface area contributed by atoms with Crippen LogP contribution in [0.5, 0.6) is 0 Å². The summed E-state index contributed by atoms with van der Waals surface area (Å²) in [7, 11) is 0. The minimum Gasteiger partial charge on any atom is -0.311 e. The lowest BCUT2D eigenvalue weighted by molar-refractivity contribution is -0.109. The van der Waals surface area contributed by atoms with Crippen molar-refractivity contribution in [1.82, 2.24) is 0 Å². The second kappa shape index (κ2) is 16.5. The number of thioether (sulfide) groups is 2. The lowest BCUT2D eigenvalue weighted by Gasteiger charge is -2.29. The number of carbonyl (C=O) groups is 2. The third-order valence-electron chi connectivity index (χ3n) is 8.49. The smallest absolute Gasteiger partial charge is 0.190 e. The van der Waals surface area contributed by atoms with E-state index in [1.165, 1.54) is 23.5 Å². The summed E-state index contributed by atoms with van der Waals surface area (Å²) in [4.78, 5) is 31.9. The highest BCUT2D eigenvalue weighted by Gasteiger charge is 2.18. The average Bonchev–Trinajstić information content (AvgIpc) is 3.19. The van der Waals surface area contributed by atoms with Gasteiger partial charge < -0.3 is 14.7 Å². The Balaban J connectivity index is 1.23. The second-order valence-electron chi connectivity index (χ2n) is 12.2. The van der Waals surface area contributed by atoms with Crippen LogP contribution in [-0.2, 0) is 9.59 Å². The van der Waals surface area contributed by atoms with Crippen LogP contribution in [0.4, 0.5) is 51.2 Å². The van der Waals surface area contributed by atoms with Crippen molar-refractivity contribution >= 4 is 84.9 Å². The van der Waals surface area contributed by atoms with Gasteiger partial charge in [0.05, 0.1) is 0 Å². The van der Waals surface area contributed by atoms with Crippen molar-refractivity contribution in [1.29, 1.82) is 0 Å². The first-order valence-electron chi connectivity index (χ1n) is 17.3. The molecule has 0 bridgehead atoms. The van der Waals surface area contributed by atoms with Crippen LogP contribution < -0.4 is 14.7 Å². The molecule has 7 rings (SSSR count). The highest BCUT2D eigenvalue weighted by Crippen LogP contribution is 2.41. The molecule has 53 heavy (non-hydrogen) atoms. The molecule has 0 saturated heterocycles. The Morgan fingerprint density at radius 2 is 0.491 bits per heavy atom. The minimum atomic E-state index is 0.0652. The molecule has 0 saturated carbocycles. The van der Waals surface area contributed by atoms with Gasteiger partial charge in [-0.2, -0.15) is 0 Å². The van der Waals surface area contributed by atoms with Crippen LogP contribution in [0.1, 0.15) is 13.8 Å². The predicted molar refractivity (Wildman–Crippen MR) is 224 cm³/mol. The van der Waals surface area contributed by atoms with Crippen LogP contribution in [0.3, 0.4) is 0 Å². The molecule has 0 unspecified atom stereocenters. The molecule has 0 heterocycles. The van der Waals surface area contributed by atoms with Crippen molar-refractivity contribution < 1.29 is 9.59 Å². The normalized spacial score (nSPS) is 10.8. The molecule has 0 fully saturated rings. The predicted octanol–water partition coefficient (Wildman–Crippen LogP) is 13.4. The third kappa shape index (κ3) is 8.55. The number of hydrogen-bond acceptors (Lipinski definition) is 7. The summed E-state index contributed by atoms with van der Waals surface area (Å²) in [6.07, 6.45) is 0. The Morgan fingerprint density at radius 3 is 0.698 bits per heavy atom. The summed E-state index contributed by atoms with van der Waals surface area (Å²) in [5.41, 5.74) is 9.20. The van der Waals surface area contributed by atoms with Gasteiger partial charge >= 0.3 is 0 Å². The van der Waals surface area contributed by atoms with Gasteiger partial charge in [-0.25, -0.2) is 0 Å². The van der Waals surface area contributed by atoms with Crippen molar-refractivity contribution in [3.63, 3.8) is 0 Å². The van der Waals surface area contributed by atoms with Crippen LogP contribution in [0, 0.1) is 0 Å². The van der Waals surface area contributed by atoms with Gasteiger partial charge in [0.2, 0.25) is 0 Å². The van der Waals surface area contributed by atoms with E-state index in [2.05, 4.69) is 136 Å². The van der Waals surface area contributed by atoms with Crippen molar-refractivity contribution in [2.24, 2.45) is 0 Å². The molecular weight excluding hydrogens is 691 g/mol. The molecule has 5 nitrogen and oxygen atoms in total. The summed E-state index contributed by atoms with van der Waals surface area (Å²) >= 11 is 2.47. The van der Waals surface area contributed by atoms with Gasteiger partial charge in [0.1, 0.15) is 0 Å². The molecule has 0 aliphatic carbocycles. The Bertz CT molecular complexity index is 2120. The van der Waals surface area contributed by atoms with E-state index in [-0.39, 0.29) is 10.2 Å². The number of benzene rings is 7. The molecule has 0 atom stereocenters. The van der Waals surface area contributed by atoms with Crippen molar-refractivity contribution in [3.05, 3.63) is 188 Å². The highest BCUT2D eigenvalue weighted by molar-refractivity contribution is 8.13. The van der Waals surface area contributed by atoms with Crippen molar-refractivity contribution in [2.45, 2.75) is 23.6 Å². The molecule has 0 radical (unpaired) electrons. The number of carbonyl (C=O) groups excluding carboxylic acids is 2. The van der Waals surface area contributed by atoms with E-state index < -0.39 is 0 Å². The van der Waals surface area contributed by atoms with E-state index >= 15 is 0 Å². The number of hydrogen-bond donors (Lipinski definition) is 0. The Morgan fingerprint density at radius 1 is 0.302 bits per heavy atom. The summed E-state index contributed by atoms with van der Waals surface area (Å²) in [6.45, 7) is 3.17. The molecule has 7 aromatic carbocycles. The van der Waals surface area contributed by atoms with Crippen LogP contribution in [0.2, 0.25) is 0 Å². The van der Waals surface area contributed by atoms with Crippen molar-refractivity contribution in [2.75, 3.05) is 14.7 Å². The van der Waals surface area contributed by atoms with E-state index in [9.17, 15) is 9.59 Å². The topological polar surface area (TPSA) is 43.9 Å². The van der Waals surface area contributed by atoms with Gasteiger partial charge in [-0.1, -0.05) is 78.1 Å². The fourth-order valence-electron chi connectivity index (χ4n) is 6.23. The van der Waals surface area contributed by atoms with E-state index in [4.69, 9.17) is 0 Å². The number of rotatable bonds is 11. The van der Waals surface area contributed by atoms with Crippen molar-refractivity contribution in [3.8, 4) is 0 Å². The van der Waals surface area contributed by atoms with E-state index in [0.29, 0.717) is 0 Å². The molecule has 260 valence electrons. The minimum absolute atomic E-state index is 0.0652. The third-order valence-corrected chi connectivity index (χ3v) is 10.1. The summed E-state index contributed by atoms with van der Waals surface area (Å²) in [5.74, 6) is 0. The van der Waals surface area contributed by atoms with Gasteiger partial charge in [-0.3, -0.25) is 9.59 Å². The Labute approximate surface area is 319 Å². The average molecular weight is 728 g/mol. The standard InChI is InChI=1S/C46H37N3O2S2/c1-34(50)52-45-30-26-43(27-31-45)48(37-14-8-4-9-15-37)41-22-18-39(19-23-41)47(36-12-6-3-7-13-36)40-20-24-42(25-21-40)49(38-16-10-5-11-17-38)44-28-32-46(33-29-44)53-35(2)51/h3-33H,1-2H3. The molecule has 0 amide bonds. The van der Waals surface area contributed by atoms with Crippen LogP contribution in [-0.4, -0.2) is 10.2 Å². The molecule has 0 spiro atoms. The SMILES string of the molecule is CC(=O)Sc1ccc(N(c2ccccc2)c2ccc(N(c3ccccc3)c3ccc(N(c4ccccc4)c4ccc(SC(C)=O)cc4)cc3)cc2)cc1. The Kier molecular flexibility index (Phi) is 11.0. The zero-order valence-electron chi connectivity index (χ0n) is 29.4. The fourth-order valence-corrected chi connectivity index (χ4v) is 7.44. The maximum atomic E-state index is 11.7. The largest absolute Gasteiger partial charge is 0.311 e. The monoisotopic (exact) mass is 727 g/mol. The van der Waals surface area contributed by atoms with Crippen LogP contribution in [0.25, 0.3) is 0 Å². The number of para-hydroxylation sites is 3. The van der Waals surface area contributed by atoms with Gasteiger partial charge in [0.15, 0.2) is 10.2 Å². The fraction of sp³-hybridized carbons (Fsp3) is 0.0435. The van der Waals surface area contributed by atoms with Gasteiger partial charge in [-0.05, 0) is 133 Å². The molecule has 7 aromatic rings. The summed E-state index contributed by atoms with van der Waals surface area (Å²) in [6, 6.07) is 64.4. The van der Waals surface area contributed by atoms with E-state index in [1.54, 1.807) is 13.8 Å². The molecular formula is C46H37N3O2S2. The number of nitrogens with zero attached hydrogens (tertiary/aromatic N) is 3. The maximum absolute atomic E-state index is 11.7. The molecule has 7 heteroatoms. The van der Waals surface area contributed by atoms with Crippen LogP contribution >= 0.6 is 23.5 Å². The maximum Gasteiger partial charge on any atom is 0.190 e. The van der Waals surface area contributed by atoms with Crippen LogP contribution in [0.15, 0.2) is 198 Å². The molecule has 0 N–H and O–H groups in total. The van der Waals surface area contributed by atoms with E-state index in [0.717, 1.165) is 61.0 Å². The first-order chi connectivity index (χ1) is 25.9. The highest BCUT2D eigenvalue weighted by atomic mass is 32.2. The molecule has 0 aromatic heterocycles. The Hall–Kier alpha value is -6.02. The van der Waals surface area contributed by atoms with E-state index in [1.807, 2.05) is 66.7 Å². The zero-order valence-corrected chi connectivity index (χ0v) is 31.0. The summed E-state index contributed by atoms with van der Waals surface area (Å²) in [5, 5.41) is 0.130. The number of anilines is 9. The van der Waals surface area contributed by atoms with Gasteiger partial charge in [-0.15, -0.1) is 0 Å². The second-order valence-corrected chi connectivity index (χ2v) is 14.7. The molecule has 0 aliphatic rings. The summed E-state index contributed by atoms with van der Waals surface area (Å²) < 4.78 is 0. The first-order valence-corrected chi connectivity index (χ1v) is 18.9. The lowest BCUT2D eigenvalue weighted by atomic mass is 10.1. The van der Waals surface area contributed by atoms with Gasteiger partial charge in [0, 0.05) is 74.8 Å². The quantitative estimate of drug-likeness (QED) is 0.123.